The normalized spacial score (nSPS) is 17.7. The first-order valence-electron chi connectivity index (χ1n) is 15.6. The van der Waals surface area contributed by atoms with Crippen LogP contribution in [-0.4, -0.2) is 63.6 Å². The first-order chi connectivity index (χ1) is 23.7. The van der Waals surface area contributed by atoms with Crippen LogP contribution in [0.3, 0.4) is 0 Å². The first-order valence-corrected chi connectivity index (χ1v) is 16.0. The number of benzene rings is 4. The molecule has 12 nitrogen and oxygen atoms in total. The number of anilines is 1. The van der Waals surface area contributed by atoms with Crippen molar-refractivity contribution < 1.29 is 34.0 Å². The summed E-state index contributed by atoms with van der Waals surface area (Å²) in [6, 6.07) is 21.8. The van der Waals surface area contributed by atoms with E-state index in [1.807, 2.05) is 31.2 Å². The van der Waals surface area contributed by atoms with Crippen LogP contribution >= 0.6 is 12.2 Å². The topological polar surface area (TPSA) is 154 Å². The molecule has 1 amide bonds. The quantitative estimate of drug-likeness (QED) is 0.112. The van der Waals surface area contributed by atoms with Crippen LogP contribution in [0.5, 0.6) is 28.7 Å². The smallest absolute Gasteiger partial charge is 0.340 e. The number of esters is 1. The Morgan fingerprint density at radius 2 is 1.69 bits per heavy atom. The number of aromatic hydroxyl groups is 2. The van der Waals surface area contributed by atoms with Gasteiger partial charge in [-0.3, -0.25) is 14.7 Å². The zero-order valence-corrected chi connectivity index (χ0v) is 26.8. The van der Waals surface area contributed by atoms with Crippen molar-refractivity contribution in [3.05, 3.63) is 119 Å². The lowest BCUT2D eigenvalue weighted by Crippen LogP contribution is -2.34. The van der Waals surface area contributed by atoms with Gasteiger partial charge in [0.1, 0.15) is 47.2 Å². The summed E-state index contributed by atoms with van der Waals surface area (Å²) in [6.45, 7) is 3.00. The lowest BCUT2D eigenvalue weighted by Gasteiger charge is -2.36. The van der Waals surface area contributed by atoms with E-state index >= 15 is 0 Å². The highest BCUT2D eigenvalue weighted by Crippen LogP contribution is 2.57. The Labute approximate surface area is 285 Å². The molecule has 0 bridgehead atoms. The molecule has 1 saturated heterocycles. The third kappa shape index (κ3) is 5.15. The molecule has 1 unspecified atom stereocenters. The number of fused-ring (bicyclic) bond motifs is 7. The molecule has 0 saturated carbocycles. The number of aliphatic imine (C=N–C) groups is 1. The maximum absolute atomic E-state index is 13.4. The summed E-state index contributed by atoms with van der Waals surface area (Å²) in [4.78, 5) is 32.0. The molecule has 1 fully saturated rings. The van der Waals surface area contributed by atoms with Crippen molar-refractivity contribution >= 4 is 40.6 Å². The van der Waals surface area contributed by atoms with Crippen LogP contribution in [0.1, 0.15) is 39.5 Å². The van der Waals surface area contributed by atoms with Crippen molar-refractivity contribution in [2.75, 3.05) is 25.0 Å². The number of nitrogens with one attached hydrogen (secondary N) is 3. The fourth-order valence-electron chi connectivity index (χ4n) is 6.51. The predicted octanol–water partition coefficient (Wildman–Crippen LogP) is 4.45. The van der Waals surface area contributed by atoms with Crippen LogP contribution in [0.2, 0.25) is 0 Å². The highest BCUT2D eigenvalue weighted by atomic mass is 32.1. The second kappa shape index (κ2) is 11.6. The summed E-state index contributed by atoms with van der Waals surface area (Å²) < 4.78 is 18.0. The van der Waals surface area contributed by atoms with Gasteiger partial charge in [-0.15, -0.1) is 0 Å². The number of ether oxygens (including phenoxy) is 3. The Kier molecular flexibility index (Phi) is 7.14. The van der Waals surface area contributed by atoms with Gasteiger partial charge in [0.15, 0.2) is 10.7 Å². The highest BCUT2D eigenvalue weighted by molar-refractivity contribution is 7.80. The van der Waals surface area contributed by atoms with Crippen molar-refractivity contribution in [1.29, 1.82) is 0 Å². The average Bonchev–Trinajstić information content (AvgIpc) is 3.54. The average molecular weight is 676 g/mol. The number of thiocarbonyl (C=S) groups is 1. The minimum atomic E-state index is -1.34. The van der Waals surface area contributed by atoms with Gasteiger partial charge in [0.05, 0.1) is 30.6 Å². The number of hydrogen-bond acceptors (Lipinski definition) is 10. The van der Waals surface area contributed by atoms with Crippen molar-refractivity contribution in [2.24, 2.45) is 4.99 Å². The van der Waals surface area contributed by atoms with Crippen LogP contribution in [0.25, 0.3) is 0 Å². The number of phenols is 2. The Morgan fingerprint density at radius 1 is 1.00 bits per heavy atom. The number of nitrogens with zero attached hydrogens (tertiary/aromatic N) is 2. The third-order valence-corrected chi connectivity index (χ3v) is 9.06. The van der Waals surface area contributed by atoms with Crippen molar-refractivity contribution in [3.8, 4) is 28.7 Å². The fourth-order valence-corrected chi connectivity index (χ4v) is 6.73. The van der Waals surface area contributed by atoms with E-state index < -0.39 is 11.6 Å². The molecule has 13 heteroatoms. The molecule has 4 aromatic carbocycles. The van der Waals surface area contributed by atoms with Crippen molar-refractivity contribution in [2.45, 2.75) is 18.6 Å². The second-order valence-corrected chi connectivity index (χ2v) is 12.3. The SMILES string of the molecule is CC1NC2=CN=C(c3ccc(OCCNC(=S)Nc4ccc5c(c4)C(=O)OC54c5ccc(O)cc5Oc5cc(O)ccc54)cc3)CN2C1=O. The number of hydrogen-bond donors (Lipinski definition) is 5. The van der Waals surface area contributed by atoms with Crippen LogP contribution in [0, 0.1) is 0 Å². The molecule has 4 aliphatic rings. The summed E-state index contributed by atoms with van der Waals surface area (Å²) in [5.74, 6) is 1.50. The molecule has 1 spiro atoms. The molecule has 5 N–H and O–H groups in total. The van der Waals surface area contributed by atoms with Gasteiger partial charge in [-0.2, -0.15) is 0 Å². The number of phenolic OH excluding ortho intramolecular Hbond substituents is 2. The number of amides is 1. The summed E-state index contributed by atoms with van der Waals surface area (Å²) in [5, 5.41) is 30.0. The molecule has 4 aromatic rings. The van der Waals surface area contributed by atoms with E-state index in [4.69, 9.17) is 26.4 Å². The predicted molar refractivity (Wildman–Crippen MR) is 183 cm³/mol. The van der Waals surface area contributed by atoms with E-state index in [9.17, 15) is 19.8 Å². The lowest BCUT2D eigenvalue weighted by atomic mass is 9.77. The second-order valence-electron chi connectivity index (χ2n) is 11.9. The zero-order chi connectivity index (χ0) is 33.9. The van der Waals surface area contributed by atoms with Crippen LogP contribution in [0.15, 0.2) is 95.9 Å². The van der Waals surface area contributed by atoms with Crippen LogP contribution < -0.4 is 25.4 Å². The molecule has 246 valence electrons. The number of carbonyl (C=O) groups is 2. The molecule has 0 aromatic heterocycles. The lowest BCUT2D eigenvalue weighted by molar-refractivity contribution is -0.127. The Bertz CT molecular complexity index is 2080. The molecule has 0 aliphatic carbocycles. The summed E-state index contributed by atoms with van der Waals surface area (Å²) in [6.07, 6.45) is 1.68. The van der Waals surface area contributed by atoms with E-state index in [-0.39, 0.29) is 23.4 Å². The minimum absolute atomic E-state index is 0.0121. The largest absolute Gasteiger partial charge is 0.508 e. The van der Waals surface area contributed by atoms with E-state index in [0.717, 1.165) is 17.1 Å². The maximum Gasteiger partial charge on any atom is 0.340 e. The summed E-state index contributed by atoms with van der Waals surface area (Å²) >= 11 is 5.50. The van der Waals surface area contributed by atoms with E-state index in [1.165, 1.54) is 24.3 Å². The van der Waals surface area contributed by atoms with Crippen molar-refractivity contribution in [1.82, 2.24) is 15.5 Å². The highest BCUT2D eigenvalue weighted by Gasteiger charge is 2.53. The van der Waals surface area contributed by atoms with Gasteiger partial charge in [-0.25, -0.2) is 4.79 Å². The Hall–Kier alpha value is -6.08. The van der Waals surface area contributed by atoms with Gasteiger partial charge in [-0.05, 0) is 85.4 Å². The molecule has 4 heterocycles. The molecule has 1 atom stereocenters. The molecule has 4 aliphatic heterocycles. The van der Waals surface area contributed by atoms with Gasteiger partial charge < -0.3 is 40.4 Å². The van der Waals surface area contributed by atoms with E-state index in [2.05, 4.69) is 20.9 Å². The monoisotopic (exact) mass is 675 g/mol. The zero-order valence-electron chi connectivity index (χ0n) is 26.0. The Morgan fingerprint density at radius 3 is 2.41 bits per heavy atom. The van der Waals surface area contributed by atoms with Gasteiger partial charge in [0.25, 0.3) is 5.91 Å². The standard InChI is InChI=1S/C36H29N5O7S/c1-19-33(44)41-18-29(38-17-32(41)39-19)20-2-7-24(8-3-20)46-13-12-37-35(49)40-21-4-9-26-25(14-21)34(45)48-36(26)27-10-5-22(42)15-30(27)47-31-16-23(43)6-11-28(31)36/h2-11,14-17,19,39,42-43H,12-13,18H2,1H3,(H2,37,40,49). The maximum atomic E-state index is 13.4. The van der Waals surface area contributed by atoms with Gasteiger partial charge >= 0.3 is 5.97 Å². The molecular formula is C36H29N5O7S. The van der Waals surface area contributed by atoms with Gasteiger partial charge in [0, 0.05) is 34.5 Å². The van der Waals surface area contributed by atoms with Crippen molar-refractivity contribution in [3.63, 3.8) is 0 Å². The minimum Gasteiger partial charge on any atom is -0.508 e. The third-order valence-electron chi connectivity index (χ3n) is 8.82. The first kappa shape index (κ1) is 30.3. The summed E-state index contributed by atoms with van der Waals surface area (Å²) in [5.41, 5.74) is 2.99. The molecule has 8 rings (SSSR count). The van der Waals surface area contributed by atoms with Crippen LogP contribution in [-0.2, 0) is 15.1 Å². The van der Waals surface area contributed by atoms with Gasteiger partial charge in [0.2, 0.25) is 0 Å². The molecule has 0 radical (unpaired) electrons. The Balaban J connectivity index is 0.905. The number of carbonyl (C=O) groups excluding carboxylic acids is 2. The van der Waals surface area contributed by atoms with E-state index in [0.29, 0.717) is 70.0 Å². The molecular weight excluding hydrogens is 646 g/mol. The summed E-state index contributed by atoms with van der Waals surface area (Å²) in [7, 11) is 0. The fraction of sp³-hybridized carbons (Fsp3) is 0.167. The van der Waals surface area contributed by atoms with Gasteiger partial charge in [-0.1, -0.05) is 6.07 Å². The molecule has 49 heavy (non-hydrogen) atoms. The van der Waals surface area contributed by atoms with E-state index in [1.54, 1.807) is 41.4 Å². The number of rotatable bonds is 6. The van der Waals surface area contributed by atoms with Crippen LogP contribution in [0.4, 0.5) is 5.69 Å².